The van der Waals surface area contributed by atoms with E-state index in [9.17, 15) is 79.2 Å². The van der Waals surface area contributed by atoms with Gasteiger partial charge in [0.2, 0.25) is 0 Å². The van der Waals surface area contributed by atoms with Gasteiger partial charge in [-0.15, -0.1) is 0 Å². The summed E-state index contributed by atoms with van der Waals surface area (Å²) in [6.45, 7) is 20.8. The average Bonchev–Trinajstić information content (AvgIpc) is 1.53. The van der Waals surface area contributed by atoms with E-state index in [2.05, 4.69) is 39.8 Å². The first-order chi connectivity index (χ1) is 63.6. The second-order valence-electron chi connectivity index (χ2n) is 41.8. The maximum Gasteiger partial charge on any atom is 0.338 e. The Morgan fingerprint density at radius 1 is 0.396 bits per heavy atom. The van der Waals surface area contributed by atoms with Gasteiger partial charge in [-0.25, -0.2) is 19.2 Å². The molecule has 3 aromatic carbocycles. The van der Waals surface area contributed by atoms with Crippen molar-refractivity contribution >= 4 is 47.4 Å². The van der Waals surface area contributed by atoms with Crippen LogP contribution in [0.2, 0.25) is 0 Å². The Labute approximate surface area is 782 Å². The van der Waals surface area contributed by atoms with E-state index in [1.54, 1.807) is 62.4 Å². The summed E-state index contributed by atoms with van der Waals surface area (Å²) in [6, 6.07) is 18.3. The van der Waals surface area contributed by atoms with E-state index in [0.29, 0.717) is 101 Å². The minimum atomic E-state index is -1.81. The number of carbonyl (C=O) groups excluding carboxylic acids is 8. The lowest BCUT2D eigenvalue weighted by Gasteiger charge is -2.59. The van der Waals surface area contributed by atoms with E-state index >= 15 is 0 Å². The number of fused-ring (bicyclic) bond motifs is 10. The molecule has 34 atom stereocenters. The summed E-state index contributed by atoms with van der Waals surface area (Å²) < 4.78 is 97.5. The number of benzene rings is 3. The number of hydrogen-bond donors (Lipinski definition) is 8. The number of allylic oxidation sites excluding steroid dienone is 2. The standard InChI is InChI=1S/C102H138O32/c1-51(2)15-33-73(105)53(5)101(117)79(129-95-87(125-55(7)103)83(77(109)49-123-95)133-93-85(81(111)75(107)47-121-93)131-91(115)59-21-27-63(119-13)28-22-59)45-71-67-31-25-61-43-65(35-39-97(61,9)69(67)37-41-99(71,101)11)127-89(113)57-17-19-58(20-18-57)90(114)128-66-36-40-98(10)62(44-66)26-32-68-70(98)38-42-100(12)72(68)46-80(102(100,118)54(6)74(106)34-16-52(3)4)130-96-88(126-56(8)104)84(78(110)50-124-96)134-94-86(82(112)76(108)48-122-94)132-92(116)60-23-29-64(120-14)30-24-60/h17-30,51-54,65-72,75-88,93-96,107-112,117-118H,15-16,31-50H2,1-14H3/t53-,54-,65+,66+,67?,68?,69?,70?,71?,72?,75-,76-,77+,78+,79+,80+,81+,82+,83+,84+,85-,86-,87-,88-,93+,94+,95+,96+,97+,98+,99+,100+,101-,102-/m1/s1. The topological polar surface area (TPSA) is 446 Å². The van der Waals surface area contributed by atoms with Gasteiger partial charge in [-0.3, -0.25) is 19.2 Å². The molecule has 0 spiro atoms. The van der Waals surface area contributed by atoms with Crippen LogP contribution >= 0.6 is 0 Å². The molecule has 15 rings (SSSR count). The van der Waals surface area contributed by atoms with E-state index in [1.165, 1.54) is 49.6 Å². The first-order valence-corrected chi connectivity index (χ1v) is 48.2. The molecule has 32 nitrogen and oxygen atoms in total. The molecular weight excluding hydrogens is 1740 g/mol. The molecule has 738 valence electrons. The fourth-order valence-electron chi connectivity index (χ4n) is 25.5. The molecule has 6 saturated carbocycles. The molecule has 0 radical (unpaired) electrons. The molecular formula is C102H138O32. The Bertz CT molecular complexity index is 4470. The van der Waals surface area contributed by atoms with Crippen LogP contribution < -0.4 is 9.47 Å². The van der Waals surface area contributed by atoms with Crippen molar-refractivity contribution in [3.8, 4) is 11.5 Å². The van der Waals surface area contributed by atoms with Crippen LogP contribution in [0.5, 0.6) is 11.5 Å². The molecule has 12 aliphatic rings. The summed E-state index contributed by atoms with van der Waals surface area (Å²) in [4.78, 5) is 111. The predicted octanol–water partition coefficient (Wildman–Crippen LogP) is 10.1. The Morgan fingerprint density at radius 2 is 0.716 bits per heavy atom. The number of aliphatic hydroxyl groups is 8. The third-order valence-corrected chi connectivity index (χ3v) is 33.4. The van der Waals surface area contributed by atoms with Crippen LogP contribution in [0.3, 0.4) is 0 Å². The van der Waals surface area contributed by atoms with Gasteiger partial charge in [0.1, 0.15) is 95.3 Å². The lowest BCUT2D eigenvalue weighted by atomic mass is 9.46. The van der Waals surface area contributed by atoms with Crippen molar-refractivity contribution in [2.24, 2.45) is 80.8 Å². The largest absolute Gasteiger partial charge is 0.497 e. The first-order valence-electron chi connectivity index (χ1n) is 48.2. The number of hydrogen-bond acceptors (Lipinski definition) is 32. The van der Waals surface area contributed by atoms with E-state index < -0.39 is 219 Å². The van der Waals surface area contributed by atoms with E-state index in [1.807, 2.05) is 27.7 Å². The number of ketones is 2. The normalized spacial score (nSPS) is 39.9. The van der Waals surface area contributed by atoms with Crippen molar-refractivity contribution in [2.75, 3.05) is 40.6 Å². The molecule has 4 aliphatic heterocycles. The van der Waals surface area contributed by atoms with Gasteiger partial charge < -0.3 is 117 Å². The van der Waals surface area contributed by atoms with Crippen molar-refractivity contribution in [2.45, 2.75) is 333 Å². The highest BCUT2D eigenvalue weighted by Crippen LogP contribution is 2.72. The molecule has 0 bridgehead atoms. The molecule has 32 heteroatoms. The minimum Gasteiger partial charge on any atom is -0.497 e. The zero-order chi connectivity index (χ0) is 96.3. The Kier molecular flexibility index (Phi) is 30.5. The average molecular weight is 1880 g/mol. The third-order valence-electron chi connectivity index (χ3n) is 33.4. The van der Waals surface area contributed by atoms with Crippen molar-refractivity contribution in [3.63, 3.8) is 0 Å². The Hall–Kier alpha value is -7.74. The smallest absolute Gasteiger partial charge is 0.338 e. The van der Waals surface area contributed by atoms with Gasteiger partial charge in [-0.05, 0) is 221 Å². The SMILES string of the molecule is COc1ccc(C(=O)O[C@H]2[C@H](O[C@@H]3[C@@H](OC(C)=O)[C@H](O[C@H]4CC5C6CC=C7C[C@@H](OC(=O)c8ccc(C(=O)O[C@H]9CC[C@@]%10(C)C(=CCC%11C%10CC[C@@]%10(C)C%11C[C@H](O[C@@H]%11OC[C@H](O)[C@H](O[C@@H]%12OC[C@@H](O)[C@H](O)[C@H]%12OC(=O)c%12ccc(OC)cc%12)[C@H]%11OC(C)=O)[C@]%10(O)[C@H](C)C(=O)CCC(C)C)C9)cc8)CC[C@]7(C)C6CC[C@]5(C)[C@@]4(O)[C@H](C)C(=O)CCC(C)C)OC[C@@H]3O)OC[C@@H](O)[C@@H]2O)cc1. The van der Waals surface area contributed by atoms with E-state index in [4.69, 9.17) is 75.8 Å². The summed E-state index contributed by atoms with van der Waals surface area (Å²) in [5.74, 6) is -5.54. The number of Topliss-reactive ketones (excluding diaryl/α,β-unsaturated/α-hetero) is 2. The van der Waals surface area contributed by atoms with Crippen molar-refractivity contribution in [3.05, 3.63) is 118 Å². The molecule has 4 heterocycles. The van der Waals surface area contributed by atoms with Gasteiger partial charge in [0.05, 0.1) is 75.1 Å². The van der Waals surface area contributed by atoms with Crippen molar-refractivity contribution < 1.29 is 155 Å². The maximum absolute atomic E-state index is 14.6. The lowest BCUT2D eigenvalue weighted by Crippen LogP contribution is -2.64. The van der Waals surface area contributed by atoms with E-state index in [0.717, 1.165) is 13.8 Å². The Balaban J connectivity index is 0.589. The molecule has 10 fully saturated rings. The number of rotatable bonds is 30. The second-order valence-corrected chi connectivity index (χ2v) is 41.8. The van der Waals surface area contributed by atoms with Crippen LogP contribution in [0.25, 0.3) is 0 Å². The molecule has 0 amide bonds. The van der Waals surface area contributed by atoms with Crippen LogP contribution in [0.15, 0.2) is 96.1 Å². The summed E-state index contributed by atoms with van der Waals surface area (Å²) in [5.41, 5.74) is -3.05. The van der Waals surface area contributed by atoms with Crippen LogP contribution in [-0.2, 0) is 85.5 Å². The summed E-state index contributed by atoms with van der Waals surface area (Å²) in [6.07, 6.45) is -14.6. The highest BCUT2D eigenvalue weighted by molar-refractivity contribution is 5.94. The molecule has 8 N–H and O–H groups in total. The van der Waals surface area contributed by atoms with Crippen molar-refractivity contribution in [1.82, 2.24) is 0 Å². The van der Waals surface area contributed by atoms with Crippen LogP contribution in [0, 0.1) is 80.8 Å². The number of carbonyl (C=O) groups is 8. The number of ether oxygens (including phenoxy) is 16. The molecule has 6 unspecified atom stereocenters. The summed E-state index contributed by atoms with van der Waals surface area (Å²) in [5, 5.41) is 95.5. The number of aliphatic hydroxyl groups excluding tert-OH is 6. The number of methoxy groups -OCH3 is 2. The summed E-state index contributed by atoms with van der Waals surface area (Å²) in [7, 11) is 2.93. The highest BCUT2D eigenvalue weighted by atomic mass is 16.8. The van der Waals surface area contributed by atoms with Crippen molar-refractivity contribution in [1.29, 1.82) is 0 Å². The van der Waals surface area contributed by atoms with Crippen LogP contribution in [-0.4, -0.2) is 263 Å². The van der Waals surface area contributed by atoms with Gasteiger partial charge in [-0.1, -0.05) is 92.5 Å². The predicted molar refractivity (Wildman–Crippen MR) is 475 cm³/mol. The quantitative estimate of drug-likeness (QED) is 0.0175. The molecule has 3 aromatic rings. The molecule has 134 heavy (non-hydrogen) atoms. The minimum absolute atomic E-state index is 0.00258. The Morgan fingerprint density at radius 3 is 1.04 bits per heavy atom. The number of esters is 6. The van der Waals surface area contributed by atoms with E-state index in [-0.39, 0.29) is 118 Å². The van der Waals surface area contributed by atoms with Gasteiger partial charge in [0.25, 0.3) is 0 Å². The van der Waals surface area contributed by atoms with Crippen LogP contribution in [0.1, 0.15) is 240 Å². The second kappa shape index (κ2) is 40.6. The van der Waals surface area contributed by atoms with Gasteiger partial charge in [0, 0.05) is 62.2 Å². The highest BCUT2D eigenvalue weighted by Gasteiger charge is 2.73. The summed E-state index contributed by atoms with van der Waals surface area (Å²) >= 11 is 0. The first kappa shape index (κ1) is 101. The monoisotopic (exact) mass is 1870 g/mol. The zero-order valence-electron chi connectivity index (χ0n) is 79.3. The molecule has 8 aliphatic carbocycles. The van der Waals surface area contributed by atoms with Gasteiger partial charge >= 0.3 is 35.8 Å². The fraction of sp³-hybridized carbons (Fsp3) is 0.706. The zero-order valence-corrected chi connectivity index (χ0v) is 79.3. The molecule has 4 saturated heterocycles. The molecule has 0 aromatic heterocycles. The van der Waals surface area contributed by atoms with Gasteiger partial charge in [-0.2, -0.15) is 0 Å². The maximum atomic E-state index is 14.6. The third kappa shape index (κ3) is 19.4. The lowest BCUT2D eigenvalue weighted by molar-refractivity contribution is -0.345. The van der Waals surface area contributed by atoms with Gasteiger partial charge in [0.15, 0.2) is 49.6 Å². The fourth-order valence-corrected chi connectivity index (χ4v) is 25.5. The van der Waals surface area contributed by atoms with Crippen LogP contribution in [0.4, 0.5) is 0 Å².